The zero-order valence-electron chi connectivity index (χ0n) is 17.7. The molecule has 1 N–H and O–H groups in total. The van der Waals surface area contributed by atoms with Gasteiger partial charge in [0.1, 0.15) is 5.76 Å². The Morgan fingerprint density at radius 1 is 1.23 bits per heavy atom. The van der Waals surface area contributed by atoms with Gasteiger partial charge in [0.15, 0.2) is 0 Å². The maximum absolute atomic E-state index is 12.7. The highest BCUT2D eigenvalue weighted by Gasteiger charge is 2.27. The highest BCUT2D eigenvalue weighted by molar-refractivity contribution is 6.30. The summed E-state index contributed by atoms with van der Waals surface area (Å²) in [7, 11) is 0. The number of piperidine rings is 1. The average Bonchev–Trinajstić information content (AvgIpc) is 3.38. The van der Waals surface area contributed by atoms with E-state index in [4.69, 9.17) is 21.0 Å². The van der Waals surface area contributed by atoms with Crippen molar-refractivity contribution in [1.29, 1.82) is 0 Å². The largest absolute Gasteiger partial charge is 0.441 e. The van der Waals surface area contributed by atoms with Gasteiger partial charge in [0.05, 0.1) is 11.6 Å². The molecular formula is C23H31ClN4O2. The molecule has 3 heterocycles. The normalized spacial score (nSPS) is 20.5. The number of benzene rings is 1. The molecule has 7 heteroatoms. The van der Waals surface area contributed by atoms with E-state index in [0.29, 0.717) is 17.5 Å². The zero-order chi connectivity index (χ0) is 20.9. The van der Waals surface area contributed by atoms with Crippen molar-refractivity contribution < 1.29 is 9.21 Å². The van der Waals surface area contributed by atoms with E-state index >= 15 is 0 Å². The number of carbonyl (C=O) groups excluding carboxylic acids is 1. The van der Waals surface area contributed by atoms with Crippen molar-refractivity contribution in [1.82, 2.24) is 20.1 Å². The Bertz CT molecular complexity index is 863. The maximum atomic E-state index is 12.7. The maximum Gasteiger partial charge on any atom is 0.226 e. The topological polar surface area (TPSA) is 61.6 Å². The van der Waals surface area contributed by atoms with Crippen LogP contribution in [0.1, 0.15) is 37.1 Å². The smallest absolute Gasteiger partial charge is 0.226 e. The molecule has 0 spiro atoms. The molecule has 162 valence electrons. The summed E-state index contributed by atoms with van der Waals surface area (Å²) in [6, 6.07) is 7.55. The number of rotatable bonds is 7. The lowest BCUT2D eigenvalue weighted by molar-refractivity contribution is -0.126. The number of aryl methyl sites for hydroxylation is 1. The molecule has 2 aromatic rings. The van der Waals surface area contributed by atoms with Crippen molar-refractivity contribution >= 4 is 17.5 Å². The van der Waals surface area contributed by atoms with E-state index < -0.39 is 0 Å². The number of likely N-dealkylation sites (tertiary alicyclic amines) is 2. The Hall–Kier alpha value is -1.89. The van der Waals surface area contributed by atoms with Crippen molar-refractivity contribution in [2.45, 2.75) is 39.2 Å². The molecule has 1 amide bonds. The SMILES string of the molecule is Cc1oc(-c2cccc(Cl)c2)nc1CN1CCCC(C(=O)NCCN2CCCC2)C1. The first-order chi connectivity index (χ1) is 14.6. The van der Waals surface area contributed by atoms with Gasteiger partial charge in [0.2, 0.25) is 11.8 Å². The minimum absolute atomic E-state index is 0.0527. The monoisotopic (exact) mass is 430 g/mol. The van der Waals surface area contributed by atoms with Crippen LogP contribution in [0.25, 0.3) is 11.5 Å². The number of hydrogen-bond donors (Lipinski definition) is 1. The first-order valence-electron chi connectivity index (χ1n) is 11.0. The lowest BCUT2D eigenvalue weighted by atomic mass is 9.97. The Balaban J connectivity index is 1.31. The van der Waals surface area contributed by atoms with Crippen LogP contribution in [-0.4, -0.2) is 60.0 Å². The molecule has 0 saturated carbocycles. The Kier molecular flexibility index (Phi) is 7.08. The van der Waals surface area contributed by atoms with Gasteiger partial charge >= 0.3 is 0 Å². The summed E-state index contributed by atoms with van der Waals surface area (Å²) >= 11 is 6.10. The predicted octanol–water partition coefficient (Wildman–Crippen LogP) is 3.73. The van der Waals surface area contributed by atoms with Gasteiger partial charge in [0.25, 0.3) is 0 Å². The summed E-state index contributed by atoms with van der Waals surface area (Å²) < 4.78 is 5.89. The molecule has 0 aliphatic carbocycles. The number of nitrogens with zero attached hydrogens (tertiary/aromatic N) is 3. The molecular weight excluding hydrogens is 400 g/mol. The van der Waals surface area contributed by atoms with E-state index in [2.05, 4.69) is 15.1 Å². The van der Waals surface area contributed by atoms with Gasteiger partial charge < -0.3 is 14.6 Å². The van der Waals surface area contributed by atoms with E-state index in [0.717, 1.165) is 56.0 Å². The van der Waals surface area contributed by atoms with Crippen molar-refractivity contribution in [2.24, 2.45) is 5.92 Å². The van der Waals surface area contributed by atoms with E-state index in [1.54, 1.807) is 0 Å². The quantitative estimate of drug-likeness (QED) is 0.725. The number of oxazole rings is 1. The molecule has 4 rings (SSSR count). The van der Waals surface area contributed by atoms with E-state index in [1.807, 2.05) is 31.2 Å². The Morgan fingerprint density at radius 3 is 2.83 bits per heavy atom. The summed E-state index contributed by atoms with van der Waals surface area (Å²) in [4.78, 5) is 22.1. The minimum Gasteiger partial charge on any atom is -0.441 e. The second kappa shape index (κ2) is 9.94. The minimum atomic E-state index is 0.0527. The van der Waals surface area contributed by atoms with Crippen LogP contribution in [0.3, 0.4) is 0 Å². The standard InChI is InChI=1S/C23H31ClN4O2/c1-17-21(26-23(30-17)18-6-4-8-20(24)14-18)16-28-12-5-7-19(15-28)22(29)25-9-13-27-10-2-3-11-27/h4,6,8,14,19H,2-3,5,7,9-13,15-16H2,1H3,(H,25,29). The fourth-order valence-electron chi connectivity index (χ4n) is 4.43. The molecule has 6 nitrogen and oxygen atoms in total. The Labute approximate surface area is 183 Å². The van der Waals surface area contributed by atoms with Crippen LogP contribution in [0.4, 0.5) is 0 Å². The van der Waals surface area contributed by atoms with E-state index in [1.165, 1.54) is 25.9 Å². The summed E-state index contributed by atoms with van der Waals surface area (Å²) in [6.45, 7) is 8.46. The summed E-state index contributed by atoms with van der Waals surface area (Å²) in [5, 5.41) is 3.82. The van der Waals surface area contributed by atoms with Crippen LogP contribution >= 0.6 is 11.6 Å². The predicted molar refractivity (Wildman–Crippen MR) is 118 cm³/mol. The molecule has 1 aromatic heterocycles. The summed E-state index contributed by atoms with van der Waals surface area (Å²) in [6.07, 6.45) is 4.55. The van der Waals surface area contributed by atoms with Crippen LogP contribution in [0, 0.1) is 12.8 Å². The Morgan fingerprint density at radius 2 is 2.03 bits per heavy atom. The van der Waals surface area contributed by atoms with Crippen LogP contribution in [-0.2, 0) is 11.3 Å². The van der Waals surface area contributed by atoms with Crippen LogP contribution < -0.4 is 5.32 Å². The molecule has 2 aliphatic rings. The molecule has 2 aliphatic heterocycles. The third kappa shape index (κ3) is 5.42. The molecule has 30 heavy (non-hydrogen) atoms. The zero-order valence-corrected chi connectivity index (χ0v) is 18.5. The van der Waals surface area contributed by atoms with Gasteiger partial charge in [-0.2, -0.15) is 0 Å². The van der Waals surface area contributed by atoms with Gasteiger partial charge in [-0.15, -0.1) is 0 Å². The second-order valence-corrected chi connectivity index (χ2v) is 8.88. The third-order valence-electron chi connectivity index (χ3n) is 6.14. The van der Waals surface area contributed by atoms with Gasteiger partial charge in [0, 0.05) is 36.8 Å². The molecule has 0 radical (unpaired) electrons. The molecule has 2 saturated heterocycles. The van der Waals surface area contributed by atoms with Crippen molar-refractivity contribution in [3.05, 3.63) is 40.7 Å². The number of aromatic nitrogens is 1. The molecule has 1 aromatic carbocycles. The van der Waals surface area contributed by atoms with Gasteiger partial charge in [-0.05, 0) is 70.4 Å². The van der Waals surface area contributed by atoms with Crippen molar-refractivity contribution in [2.75, 3.05) is 39.3 Å². The number of halogens is 1. The number of nitrogens with one attached hydrogen (secondary N) is 1. The first-order valence-corrected chi connectivity index (χ1v) is 11.4. The van der Waals surface area contributed by atoms with Crippen molar-refractivity contribution in [3.63, 3.8) is 0 Å². The van der Waals surface area contributed by atoms with E-state index in [-0.39, 0.29) is 11.8 Å². The fourth-order valence-corrected chi connectivity index (χ4v) is 4.62. The number of carbonyl (C=O) groups is 1. The van der Waals surface area contributed by atoms with Crippen LogP contribution in [0.5, 0.6) is 0 Å². The van der Waals surface area contributed by atoms with Crippen LogP contribution in [0.2, 0.25) is 5.02 Å². The first kappa shape index (κ1) is 21.3. The number of hydrogen-bond acceptors (Lipinski definition) is 5. The van der Waals surface area contributed by atoms with Crippen molar-refractivity contribution in [3.8, 4) is 11.5 Å². The fraction of sp³-hybridized carbons (Fsp3) is 0.565. The third-order valence-corrected chi connectivity index (χ3v) is 6.37. The van der Waals surface area contributed by atoms with Gasteiger partial charge in [-0.3, -0.25) is 9.69 Å². The van der Waals surface area contributed by atoms with Gasteiger partial charge in [-0.25, -0.2) is 4.98 Å². The average molecular weight is 431 g/mol. The van der Waals surface area contributed by atoms with E-state index in [9.17, 15) is 4.79 Å². The molecule has 1 unspecified atom stereocenters. The highest BCUT2D eigenvalue weighted by atomic mass is 35.5. The molecule has 0 bridgehead atoms. The lowest BCUT2D eigenvalue weighted by Gasteiger charge is -2.31. The molecule has 1 atom stereocenters. The summed E-state index contributed by atoms with van der Waals surface area (Å²) in [5.74, 6) is 1.66. The van der Waals surface area contributed by atoms with Crippen LogP contribution in [0.15, 0.2) is 28.7 Å². The number of amides is 1. The highest BCUT2D eigenvalue weighted by Crippen LogP contribution is 2.26. The molecule has 2 fully saturated rings. The van der Waals surface area contributed by atoms with Gasteiger partial charge in [-0.1, -0.05) is 17.7 Å². The summed E-state index contributed by atoms with van der Waals surface area (Å²) in [5.41, 5.74) is 1.81. The lowest BCUT2D eigenvalue weighted by Crippen LogP contribution is -2.44. The second-order valence-electron chi connectivity index (χ2n) is 8.45.